The first-order chi connectivity index (χ1) is 11.0. The molecule has 0 aliphatic rings. The fraction of sp³-hybridized carbons (Fsp3) is 0.438. The highest BCUT2D eigenvalue weighted by Gasteiger charge is 2.11. The molecule has 2 aromatic rings. The molecule has 5 nitrogen and oxygen atoms in total. The van der Waals surface area contributed by atoms with E-state index in [1.165, 1.54) is 34.2 Å². The van der Waals surface area contributed by atoms with Gasteiger partial charge < -0.3 is 10.6 Å². The molecule has 7 heteroatoms. The predicted molar refractivity (Wildman–Crippen MR) is 97.8 cm³/mol. The first-order valence-corrected chi connectivity index (χ1v) is 9.41. The number of para-hydroxylation sites is 1. The van der Waals surface area contributed by atoms with Gasteiger partial charge in [-0.1, -0.05) is 48.2 Å². The third-order valence-corrected chi connectivity index (χ3v) is 5.13. The summed E-state index contributed by atoms with van der Waals surface area (Å²) in [5, 5.41) is 15.3. The van der Waals surface area contributed by atoms with Crippen LogP contribution < -0.4 is 10.6 Å². The van der Waals surface area contributed by atoms with Gasteiger partial charge in [0, 0.05) is 11.7 Å². The first-order valence-electron chi connectivity index (χ1n) is 7.60. The van der Waals surface area contributed by atoms with E-state index in [0.717, 1.165) is 21.6 Å². The summed E-state index contributed by atoms with van der Waals surface area (Å²) in [6, 6.07) is 6.41. The second kappa shape index (κ2) is 8.31. The summed E-state index contributed by atoms with van der Waals surface area (Å²) in [7, 11) is 0. The number of carbonyl (C=O) groups excluding carboxylic acids is 1. The SMILES string of the molecule is CCc1cccc(C)c1Nc1nnc(SCC(=O)NC(C)C)s1. The van der Waals surface area contributed by atoms with Crippen LogP contribution in [0.15, 0.2) is 22.5 Å². The number of carbonyl (C=O) groups is 1. The lowest BCUT2D eigenvalue weighted by Gasteiger charge is -2.11. The zero-order valence-electron chi connectivity index (χ0n) is 13.8. The van der Waals surface area contributed by atoms with Gasteiger partial charge in [-0.05, 0) is 38.3 Å². The minimum absolute atomic E-state index is 0.0156. The number of aromatic nitrogens is 2. The molecule has 1 heterocycles. The molecule has 0 saturated heterocycles. The zero-order valence-corrected chi connectivity index (χ0v) is 15.5. The molecule has 1 aromatic carbocycles. The summed E-state index contributed by atoms with van der Waals surface area (Å²) < 4.78 is 0.790. The van der Waals surface area contributed by atoms with E-state index in [1.54, 1.807) is 0 Å². The maximum absolute atomic E-state index is 11.7. The highest BCUT2D eigenvalue weighted by molar-refractivity contribution is 8.01. The Bertz CT molecular complexity index is 670. The number of amides is 1. The van der Waals surface area contributed by atoms with Crippen LogP contribution in [0.2, 0.25) is 0 Å². The van der Waals surface area contributed by atoms with E-state index in [0.29, 0.717) is 5.75 Å². The van der Waals surface area contributed by atoms with E-state index in [-0.39, 0.29) is 11.9 Å². The molecule has 0 spiro atoms. The van der Waals surface area contributed by atoms with Gasteiger partial charge in [-0.15, -0.1) is 10.2 Å². The van der Waals surface area contributed by atoms with Gasteiger partial charge in [0.05, 0.1) is 5.75 Å². The Morgan fingerprint density at radius 1 is 1.35 bits per heavy atom. The molecule has 0 saturated carbocycles. The topological polar surface area (TPSA) is 66.9 Å². The summed E-state index contributed by atoms with van der Waals surface area (Å²) in [4.78, 5) is 11.7. The van der Waals surface area contributed by atoms with E-state index < -0.39 is 0 Å². The predicted octanol–water partition coefficient (Wildman–Crippen LogP) is 3.77. The fourth-order valence-corrected chi connectivity index (χ4v) is 3.69. The van der Waals surface area contributed by atoms with Crippen LogP contribution in [0.4, 0.5) is 10.8 Å². The van der Waals surface area contributed by atoms with E-state index in [2.05, 4.69) is 52.9 Å². The number of hydrogen-bond acceptors (Lipinski definition) is 6. The van der Waals surface area contributed by atoms with Crippen molar-refractivity contribution in [1.82, 2.24) is 15.5 Å². The Hall–Kier alpha value is -1.60. The molecule has 0 atom stereocenters. The fourth-order valence-electron chi connectivity index (χ4n) is 2.12. The lowest BCUT2D eigenvalue weighted by Crippen LogP contribution is -2.31. The molecule has 2 rings (SSSR count). The first kappa shape index (κ1) is 17.7. The van der Waals surface area contributed by atoms with Crippen molar-refractivity contribution in [3.05, 3.63) is 29.3 Å². The van der Waals surface area contributed by atoms with Gasteiger partial charge in [0.15, 0.2) is 4.34 Å². The van der Waals surface area contributed by atoms with Crippen molar-refractivity contribution in [2.75, 3.05) is 11.1 Å². The number of thioether (sulfide) groups is 1. The zero-order chi connectivity index (χ0) is 16.8. The molecule has 1 aromatic heterocycles. The summed E-state index contributed by atoms with van der Waals surface area (Å²) >= 11 is 2.88. The summed E-state index contributed by atoms with van der Waals surface area (Å²) in [6.07, 6.45) is 0.958. The molecule has 124 valence electrons. The van der Waals surface area contributed by atoms with Crippen molar-refractivity contribution in [2.24, 2.45) is 0 Å². The van der Waals surface area contributed by atoms with Crippen LogP contribution in [-0.2, 0) is 11.2 Å². The molecule has 0 aliphatic heterocycles. The molecular weight excluding hydrogens is 328 g/mol. The smallest absolute Gasteiger partial charge is 0.230 e. The van der Waals surface area contributed by atoms with Crippen LogP contribution in [0.5, 0.6) is 0 Å². The quantitative estimate of drug-likeness (QED) is 0.744. The van der Waals surface area contributed by atoms with Crippen LogP contribution in [0.25, 0.3) is 0 Å². The second-order valence-corrected chi connectivity index (χ2v) is 7.67. The van der Waals surface area contributed by atoms with Crippen molar-refractivity contribution in [3.8, 4) is 0 Å². The average molecular weight is 351 g/mol. The van der Waals surface area contributed by atoms with Crippen LogP contribution in [0.3, 0.4) is 0 Å². The number of anilines is 2. The van der Waals surface area contributed by atoms with Gasteiger partial charge in [0.2, 0.25) is 11.0 Å². The largest absolute Gasteiger partial charge is 0.353 e. The van der Waals surface area contributed by atoms with Crippen molar-refractivity contribution in [1.29, 1.82) is 0 Å². The van der Waals surface area contributed by atoms with Gasteiger partial charge in [0.25, 0.3) is 0 Å². The number of nitrogens with one attached hydrogen (secondary N) is 2. The number of hydrogen-bond donors (Lipinski definition) is 2. The summed E-state index contributed by atoms with van der Waals surface area (Å²) in [6.45, 7) is 8.11. The monoisotopic (exact) mass is 350 g/mol. The van der Waals surface area contributed by atoms with E-state index in [1.807, 2.05) is 13.8 Å². The molecule has 0 radical (unpaired) electrons. The normalized spacial score (nSPS) is 10.8. The highest BCUT2D eigenvalue weighted by Crippen LogP contribution is 2.30. The minimum atomic E-state index is 0.0156. The van der Waals surface area contributed by atoms with Crippen molar-refractivity contribution < 1.29 is 4.79 Å². The Balaban J connectivity index is 1.99. The number of aryl methyl sites for hydroxylation is 2. The Kier molecular flexibility index (Phi) is 6.41. The summed E-state index contributed by atoms with van der Waals surface area (Å²) in [5.41, 5.74) is 3.54. The highest BCUT2D eigenvalue weighted by atomic mass is 32.2. The van der Waals surface area contributed by atoms with Gasteiger partial charge in [0.1, 0.15) is 0 Å². The maximum atomic E-state index is 11.7. The average Bonchev–Trinajstić information content (AvgIpc) is 2.94. The van der Waals surface area contributed by atoms with Crippen LogP contribution in [0, 0.1) is 6.92 Å². The number of nitrogens with zero attached hydrogens (tertiary/aromatic N) is 2. The van der Waals surface area contributed by atoms with E-state index >= 15 is 0 Å². The Labute approximate surface area is 145 Å². The molecular formula is C16H22N4OS2. The minimum Gasteiger partial charge on any atom is -0.353 e. The third kappa shape index (κ3) is 5.21. The van der Waals surface area contributed by atoms with Gasteiger partial charge >= 0.3 is 0 Å². The molecule has 2 N–H and O–H groups in total. The van der Waals surface area contributed by atoms with Crippen LogP contribution >= 0.6 is 23.1 Å². The third-order valence-electron chi connectivity index (χ3n) is 3.15. The molecule has 0 aliphatic carbocycles. The number of rotatable bonds is 7. The lowest BCUT2D eigenvalue weighted by molar-refractivity contribution is -0.119. The van der Waals surface area contributed by atoms with Gasteiger partial charge in [-0.25, -0.2) is 0 Å². The molecule has 23 heavy (non-hydrogen) atoms. The summed E-state index contributed by atoms with van der Waals surface area (Å²) in [5.74, 6) is 0.374. The molecule has 0 bridgehead atoms. The van der Waals surface area contributed by atoms with Crippen LogP contribution in [-0.4, -0.2) is 27.9 Å². The van der Waals surface area contributed by atoms with E-state index in [4.69, 9.17) is 0 Å². The molecule has 1 amide bonds. The molecule has 0 unspecified atom stereocenters. The second-order valence-electron chi connectivity index (χ2n) is 5.47. The van der Waals surface area contributed by atoms with Crippen molar-refractivity contribution >= 4 is 39.8 Å². The van der Waals surface area contributed by atoms with Gasteiger partial charge in [-0.2, -0.15) is 0 Å². The van der Waals surface area contributed by atoms with Crippen LogP contribution in [0.1, 0.15) is 31.9 Å². The standard InChI is InChI=1S/C16H22N4OS2/c1-5-12-8-6-7-11(4)14(12)18-15-19-20-16(23-15)22-9-13(21)17-10(2)3/h6-8,10H,5,9H2,1-4H3,(H,17,21)(H,18,19). The van der Waals surface area contributed by atoms with Crippen molar-refractivity contribution in [2.45, 2.75) is 44.5 Å². The van der Waals surface area contributed by atoms with Crippen molar-refractivity contribution in [3.63, 3.8) is 0 Å². The number of benzene rings is 1. The Morgan fingerprint density at radius 3 is 2.83 bits per heavy atom. The maximum Gasteiger partial charge on any atom is 0.230 e. The Morgan fingerprint density at radius 2 is 2.13 bits per heavy atom. The van der Waals surface area contributed by atoms with Gasteiger partial charge in [-0.3, -0.25) is 4.79 Å². The lowest BCUT2D eigenvalue weighted by atomic mass is 10.1. The van der Waals surface area contributed by atoms with E-state index in [9.17, 15) is 4.79 Å². The molecule has 0 fully saturated rings.